The van der Waals surface area contributed by atoms with Crippen molar-refractivity contribution in [2.75, 3.05) is 5.73 Å². The summed E-state index contributed by atoms with van der Waals surface area (Å²) in [5, 5.41) is 0. The first kappa shape index (κ1) is 12.3. The molecule has 1 aromatic carbocycles. The number of hydrogen-bond acceptors (Lipinski definition) is 4. The first-order valence-corrected chi connectivity index (χ1v) is 5.65. The second kappa shape index (κ2) is 5.00. The van der Waals surface area contributed by atoms with E-state index in [1.165, 1.54) is 6.33 Å². The molecule has 0 amide bonds. The fourth-order valence-electron chi connectivity index (χ4n) is 1.55. The first-order chi connectivity index (χ1) is 8.63. The molecule has 0 spiro atoms. The molecule has 0 atom stereocenters. The summed E-state index contributed by atoms with van der Waals surface area (Å²) in [7, 11) is 0. The SMILES string of the molecule is CCc1ncnc(Oc2cccc(N)c2C)c1F. The zero-order chi connectivity index (χ0) is 13.1. The third kappa shape index (κ3) is 2.25. The van der Waals surface area contributed by atoms with Gasteiger partial charge in [-0.2, -0.15) is 9.37 Å². The molecule has 0 aliphatic rings. The molecule has 0 fully saturated rings. The summed E-state index contributed by atoms with van der Waals surface area (Å²) < 4.78 is 19.4. The van der Waals surface area contributed by atoms with E-state index in [-0.39, 0.29) is 5.88 Å². The number of hydrogen-bond donors (Lipinski definition) is 1. The van der Waals surface area contributed by atoms with Crippen LogP contribution >= 0.6 is 0 Å². The summed E-state index contributed by atoms with van der Waals surface area (Å²) in [6.07, 6.45) is 1.78. The number of rotatable bonds is 3. The largest absolute Gasteiger partial charge is 0.436 e. The van der Waals surface area contributed by atoms with Crippen LogP contribution in [0.4, 0.5) is 10.1 Å². The zero-order valence-corrected chi connectivity index (χ0v) is 10.3. The van der Waals surface area contributed by atoms with Crippen molar-refractivity contribution in [3.8, 4) is 11.6 Å². The molecule has 0 saturated carbocycles. The number of halogens is 1. The molecule has 0 aliphatic carbocycles. The lowest BCUT2D eigenvalue weighted by atomic mass is 10.2. The Hall–Kier alpha value is -2.17. The second-order valence-corrected chi connectivity index (χ2v) is 3.87. The number of anilines is 1. The molecule has 5 heteroatoms. The third-order valence-electron chi connectivity index (χ3n) is 2.70. The molecule has 0 unspecified atom stereocenters. The quantitative estimate of drug-likeness (QED) is 0.847. The van der Waals surface area contributed by atoms with E-state index in [1.54, 1.807) is 18.2 Å². The lowest BCUT2D eigenvalue weighted by Gasteiger charge is -2.10. The molecule has 0 radical (unpaired) electrons. The highest BCUT2D eigenvalue weighted by Crippen LogP contribution is 2.28. The van der Waals surface area contributed by atoms with Gasteiger partial charge >= 0.3 is 0 Å². The van der Waals surface area contributed by atoms with Crippen LogP contribution in [0.25, 0.3) is 0 Å². The summed E-state index contributed by atoms with van der Waals surface area (Å²) in [4.78, 5) is 7.65. The van der Waals surface area contributed by atoms with Crippen LogP contribution in [0, 0.1) is 12.7 Å². The Morgan fingerprint density at radius 1 is 1.33 bits per heavy atom. The van der Waals surface area contributed by atoms with Crippen LogP contribution in [0.5, 0.6) is 11.6 Å². The predicted octanol–water partition coefficient (Wildman–Crippen LogP) is 2.86. The van der Waals surface area contributed by atoms with Gasteiger partial charge in [-0.3, -0.25) is 0 Å². The van der Waals surface area contributed by atoms with Crippen LogP contribution in [0.3, 0.4) is 0 Å². The zero-order valence-electron chi connectivity index (χ0n) is 10.3. The minimum atomic E-state index is -0.526. The Balaban J connectivity index is 2.37. The van der Waals surface area contributed by atoms with Crippen molar-refractivity contribution in [2.24, 2.45) is 0 Å². The molecule has 1 aromatic heterocycles. The van der Waals surface area contributed by atoms with Gasteiger partial charge in [0.2, 0.25) is 5.82 Å². The van der Waals surface area contributed by atoms with Crippen LogP contribution in [-0.2, 0) is 6.42 Å². The van der Waals surface area contributed by atoms with Crippen LogP contribution in [-0.4, -0.2) is 9.97 Å². The fraction of sp³-hybridized carbons (Fsp3) is 0.231. The van der Waals surface area contributed by atoms with Crippen molar-refractivity contribution in [3.05, 3.63) is 41.6 Å². The topological polar surface area (TPSA) is 61.0 Å². The molecular formula is C13H14FN3O. The summed E-state index contributed by atoms with van der Waals surface area (Å²) in [6, 6.07) is 5.23. The average Bonchev–Trinajstić information content (AvgIpc) is 2.37. The van der Waals surface area contributed by atoms with Crippen LogP contribution in [0.15, 0.2) is 24.5 Å². The van der Waals surface area contributed by atoms with Gasteiger partial charge in [0, 0.05) is 11.3 Å². The van der Waals surface area contributed by atoms with Gasteiger partial charge in [-0.15, -0.1) is 0 Å². The Bertz CT molecular complexity index is 572. The minimum Gasteiger partial charge on any atom is -0.436 e. The fourth-order valence-corrected chi connectivity index (χ4v) is 1.55. The lowest BCUT2D eigenvalue weighted by Crippen LogP contribution is -2.01. The average molecular weight is 247 g/mol. The molecule has 2 N–H and O–H groups in total. The summed E-state index contributed by atoms with van der Waals surface area (Å²) in [6.45, 7) is 3.63. The molecule has 0 aliphatic heterocycles. The molecule has 18 heavy (non-hydrogen) atoms. The van der Waals surface area contributed by atoms with Crippen molar-refractivity contribution >= 4 is 5.69 Å². The van der Waals surface area contributed by atoms with Gasteiger partial charge in [-0.1, -0.05) is 13.0 Å². The Kier molecular flexibility index (Phi) is 3.41. The van der Waals surface area contributed by atoms with E-state index in [0.29, 0.717) is 23.6 Å². The number of ether oxygens (including phenoxy) is 1. The monoisotopic (exact) mass is 247 g/mol. The van der Waals surface area contributed by atoms with Gasteiger partial charge in [0.15, 0.2) is 0 Å². The van der Waals surface area contributed by atoms with E-state index in [4.69, 9.17) is 10.5 Å². The molecule has 2 aromatic rings. The normalized spacial score (nSPS) is 10.4. The second-order valence-electron chi connectivity index (χ2n) is 3.87. The number of aryl methyl sites for hydroxylation is 1. The van der Waals surface area contributed by atoms with Gasteiger partial charge in [0.25, 0.3) is 5.88 Å². The predicted molar refractivity (Wildman–Crippen MR) is 67.0 cm³/mol. The van der Waals surface area contributed by atoms with Crippen molar-refractivity contribution in [1.82, 2.24) is 9.97 Å². The van der Waals surface area contributed by atoms with E-state index >= 15 is 0 Å². The molecule has 94 valence electrons. The summed E-state index contributed by atoms with van der Waals surface area (Å²) in [5.74, 6) is -0.105. The van der Waals surface area contributed by atoms with Crippen molar-refractivity contribution in [1.29, 1.82) is 0 Å². The molecule has 4 nitrogen and oxygen atoms in total. The highest BCUT2D eigenvalue weighted by atomic mass is 19.1. The lowest BCUT2D eigenvalue weighted by molar-refractivity contribution is 0.413. The standard InChI is InChI=1S/C13H14FN3O/c1-3-10-12(14)13(17-7-16-10)18-11-6-4-5-9(15)8(11)2/h4-7H,3,15H2,1-2H3. The van der Waals surface area contributed by atoms with Gasteiger partial charge in [0.05, 0.1) is 5.69 Å². The van der Waals surface area contributed by atoms with Gasteiger partial charge < -0.3 is 10.5 Å². The van der Waals surface area contributed by atoms with E-state index in [0.717, 1.165) is 5.56 Å². The first-order valence-electron chi connectivity index (χ1n) is 5.65. The van der Waals surface area contributed by atoms with E-state index in [2.05, 4.69) is 9.97 Å². The number of nitrogens with two attached hydrogens (primary N) is 1. The molecule has 0 saturated heterocycles. The highest BCUT2D eigenvalue weighted by Gasteiger charge is 2.13. The van der Waals surface area contributed by atoms with Crippen molar-refractivity contribution in [3.63, 3.8) is 0 Å². The molecular weight excluding hydrogens is 233 g/mol. The van der Waals surface area contributed by atoms with E-state index in [1.807, 2.05) is 13.8 Å². The summed E-state index contributed by atoms with van der Waals surface area (Å²) in [5.41, 5.74) is 7.45. The van der Waals surface area contributed by atoms with E-state index < -0.39 is 5.82 Å². The smallest absolute Gasteiger partial charge is 0.259 e. The maximum absolute atomic E-state index is 13.9. The molecule has 0 bridgehead atoms. The van der Waals surface area contributed by atoms with Crippen LogP contribution in [0.2, 0.25) is 0 Å². The maximum Gasteiger partial charge on any atom is 0.259 e. The van der Waals surface area contributed by atoms with Gasteiger partial charge in [0.1, 0.15) is 12.1 Å². The number of benzene rings is 1. The molecule has 2 rings (SSSR count). The Labute approximate surface area is 105 Å². The number of nitrogens with zero attached hydrogens (tertiary/aromatic N) is 2. The number of aromatic nitrogens is 2. The van der Waals surface area contributed by atoms with Gasteiger partial charge in [-0.05, 0) is 25.5 Å². The van der Waals surface area contributed by atoms with Gasteiger partial charge in [-0.25, -0.2) is 4.98 Å². The van der Waals surface area contributed by atoms with E-state index in [9.17, 15) is 4.39 Å². The van der Waals surface area contributed by atoms with Crippen molar-refractivity contribution < 1.29 is 9.13 Å². The third-order valence-corrected chi connectivity index (χ3v) is 2.70. The Morgan fingerprint density at radius 3 is 2.83 bits per heavy atom. The molecule has 1 heterocycles. The summed E-state index contributed by atoms with van der Waals surface area (Å²) >= 11 is 0. The number of nitrogen functional groups attached to an aromatic ring is 1. The van der Waals surface area contributed by atoms with Crippen molar-refractivity contribution in [2.45, 2.75) is 20.3 Å². The van der Waals surface area contributed by atoms with Crippen LogP contribution in [0.1, 0.15) is 18.2 Å². The Morgan fingerprint density at radius 2 is 2.11 bits per heavy atom. The minimum absolute atomic E-state index is 0.0736. The maximum atomic E-state index is 13.9. The van der Waals surface area contributed by atoms with Crippen LogP contribution < -0.4 is 10.5 Å². The highest BCUT2D eigenvalue weighted by molar-refractivity contribution is 5.53.